The van der Waals surface area contributed by atoms with E-state index in [9.17, 15) is 111 Å². The molecule has 0 aliphatic heterocycles. The van der Waals surface area contributed by atoms with E-state index in [-0.39, 0.29) is 75.4 Å². The number of carbonyl (C=O) groups excluding carboxylic acids is 18. The fourth-order valence-electron chi connectivity index (χ4n) is 14.3. The second kappa shape index (κ2) is 83.8. The molecule has 0 saturated heterocycles. The number of aliphatic hydroxyl groups is 2. The van der Waals surface area contributed by atoms with Gasteiger partial charge in [-0.2, -0.15) is 11.8 Å². The van der Waals surface area contributed by atoms with Gasteiger partial charge < -0.3 is 135 Å². The first kappa shape index (κ1) is 133. The van der Waals surface area contributed by atoms with Crippen molar-refractivity contribution >= 4 is 130 Å². The summed E-state index contributed by atoms with van der Waals surface area (Å²) in [6, 6.07) is -17.2. The Balaban J connectivity index is 6.77. The van der Waals surface area contributed by atoms with Crippen molar-refractivity contribution in [3.05, 3.63) is 0 Å². The molecular weight excluding hydrogens is 1890 g/mol. The lowest BCUT2D eigenvalue weighted by Crippen LogP contribution is -2.61. The first-order chi connectivity index (χ1) is 68.2. The highest BCUT2D eigenvalue weighted by Gasteiger charge is 2.37. The van der Waals surface area contributed by atoms with Gasteiger partial charge in [0.25, 0.3) is 0 Å². The lowest BCUT2D eigenvalue weighted by molar-refractivity contribution is -0.157. The summed E-state index contributed by atoms with van der Waals surface area (Å²) in [5.41, 5.74) is 16.3. The number of aliphatic carboxylic acids is 2. The topological polar surface area (TPSA) is 712 Å². The number of nitrogens with one attached hydrogen (secondary N) is 13. The number of amides is 16. The molecule has 0 aromatic rings. The van der Waals surface area contributed by atoms with Crippen molar-refractivity contribution in [1.29, 1.82) is 0 Å². The standard InChI is InChI=1S/C96H170N16O30S/c1-9-11-13-15-17-19-21-23-25-27-29-31-33-37-85(125)141-59-68(142-86(126)38-34-32-30-28-26-24-22-20-18-16-14-12-10-2)62-143-63-77(105-82(120)61-140-60-81(119)101-46-36-48-138-50-52-139-51-49-137-47-35-45-100-67(8)115)89(129)102-56-80(118)104-75(57-113)95(135)108-70(39-42-78(97)116)91(131)111-74(55-79(98)117)94(134)109-72(53-64(3)4)92(132)103-66(7)88(128)112-76(58-114)96(136)110-73(54-65(5)6)93(133)107-71(41-44-84(123)124)90(130)106-69(87(99)127)40-43-83(121)122/h64-66,68-77,113-114H,9-63H2,1-8H3,(H2,97,116)(H2,98,117)(H2,99,127)(H,100,115)(H,101,119)(H,102,129)(H,103,132)(H,104,118)(H,105,120)(H,106,130)(H,107,133)(H,108,135)(H,109,134)(H,110,136)(H,111,131)(H,112,128)(H,121,122)(H,123,124)/t66-,68+,69-,70-,71-,72-,73-,74-,75-,76-,77-/m0/s1. The molecule has 0 unspecified atom stereocenters. The summed E-state index contributed by atoms with van der Waals surface area (Å²) in [5, 5.41) is 70.2. The minimum Gasteiger partial charge on any atom is -0.481 e. The highest BCUT2D eigenvalue weighted by Crippen LogP contribution is 2.19. The summed E-state index contributed by atoms with van der Waals surface area (Å²) in [4.78, 5) is 263. The van der Waals surface area contributed by atoms with Crippen LogP contribution in [0.1, 0.15) is 306 Å². The molecule has 0 spiro atoms. The van der Waals surface area contributed by atoms with Crippen molar-refractivity contribution in [2.24, 2.45) is 29.0 Å². The molecule has 143 heavy (non-hydrogen) atoms. The van der Waals surface area contributed by atoms with Crippen LogP contribution in [0.5, 0.6) is 0 Å². The summed E-state index contributed by atoms with van der Waals surface area (Å²) >= 11 is 1.01. The number of primary amides is 3. The average Bonchev–Trinajstić information content (AvgIpc) is 0.854. The number of hydrogen-bond acceptors (Lipinski definition) is 29. The van der Waals surface area contributed by atoms with Crippen LogP contribution in [-0.2, 0) is 124 Å². The Hall–Kier alpha value is -10.5. The predicted octanol–water partition coefficient (Wildman–Crippen LogP) is 1.65. The van der Waals surface area contributed by atoms with Gasteiger partial charge in [0.15, 0.2) is 0 Å². The molecule has 0 radical (unpaired) electrons. The van der Waals surface area contributed by atoms with Crippen molar-refractivity contribution in [2.75, 3.05) is 104 Å². The molecular formula is C96H170N16O30S. The van der Waals surface area contributed by atoms with E-state index in [1.54, 1.807) is 27.7 Å². The molecule has 0 aromatic heterocycles. The largest absolute Gasteiger partial charge is 0.481 e. The quantitative estimate of drug-likeness (QED) is 0.0304. The Labute approximate surface area is 845 Å². The second-order valence-corrected chi connectivity index (χ2v) is 37.4. The molecule has 0 saturated carbocycles. The number of aliphatic hydroxyl groups excluding tert-OH is 2. The lowest BCUT2D eigenvalue weighted by atomic mass is 10.0. The molecule has 0 aliphatic rings. The molecule has 23 N–H and O–H groups in total. The summed E-state index contributed by atoms with van der Waals surface area (Å²) < 4.78 is 33.5. The number of carbonyl (C=O) groups is 20. The third kappa shape index (κ3) is 72.4. The van der Waals surface area contributed by atoms with Gasteiger partial charge in [-0.15, -0.1) is 0 Å². The van der Waals surface area contributed by atoms with E-state index >= 15 is 0 Å². The average molecular weight is 2060 g/mol. The summed E-state index contributed by atoms with van der Waals surface area (Å²) in [6.45, 7) is 11.3. The molecule has 46 nitrogen and oxygen atoms in total. The number of rotatable bonds is 92. The normalized spacial score (nSPS) is 13.5. The second-order valence-electron chi connectivity index (χ2n) is 36.4. The monoisotopic (exact) mass is 2060 g/mol. The maximum Gasteiger partial charge on any atom is 0.306 e. The van der Waals surface area contributed by atoms with E-state index < -0.39 is 263 Å². The van der Waals surface area contributed by atoms with Crippen LogP contribution in [0.3, 0.4) is 0 Å². The molecule has 11 atom stereocenters. The van der Waals surface area contributed by atoms with Crippen LogP contribution in [0.4, 0.5) is 0 Å². The predicted molar refractivity (Wildman–Crippen MR) is 529 cm³/mol. The van der Waals surface area contributed by atoms with E-state index in [0.29, 0.717) is 58.7 Å². The fourth-order valence-corrected chi connectivity index (χ4v) is 15.3. The van der Waals surface area contributed by atoms with Gasteiger partial charge >= 0.3 is 23.9 Å². The van der Waals surface area contributed by atoms with Gasteiger partial charge in [-0.25, -0.2) is 0 Å². The Kier molecular flexibility index (Phi) is 77.6. The number of nitrogens with two attached hydrogens (primary N) is 3. The highest BCUT2D eigenvalue weighted by atomic mass is 32.2. The number of thioether (sulfide) groups is 1. The zero-order valence-electron chi connectivity index (χ0n) is 85.4. The highest BCUT2D eigenvalue weighted by molar-refractivity contribution is 7.99. The number of esters is 2. The molecule has 0 aliphatic carbocycles. The van der Waals surface area contributed by atoms with Gasteiger partial charge in [0.1, 0.15) is 86.3 Å². The van der Waals surface area contributed by atoms with E-state index in [2.05, 4.69) is 83.0 Å². The van der Waals surface area contributed by atoms with Crippen LogP contribution >= 0.6 is 11.8 Å². The van der Waals surface area contributed by atoms with Crippen LogP contribution in [0.2, 0.25) is 0 Å². The minimum atomic E-state index is -1.98. The van der Waals surface area contributed by atoms with Crippen LogP contribution in [0.15, 0.2) is 0 Å². The molecule has 47 heteroatoms. The van der Waals surface area contributed by atoms with Gasteiger partial charge in [-0.3, -0.25) is 95.9 Å². The third-order valence-electron chi connectivity index (χ3n) is 22.2. The van der Waals surface area contributed by atoms with Crippen molar-refractivity contribution < 1.29 is 145 Å². The molecule has 0 rings (SSSR count). The van der Waals surface area contributed by atoms with E-state index in [1.807, 2.05) is 0 Å². The first-order valence-electron chi connectivity index (χ1n) is 50.7. The Morgan fingerprint density at radius 1 is 0.329 bits per heavy atom. The van der Waals surface area contributed by atoms with Crippen LogP contribution in [0, 0.1) is 11.8 Å². The van der Waals surface area contributed by atoms with Gasteiger partial charge in [0.05, 0.1) is 52.6 Å². The van der Waals surface area contributed by atoms with Gasteiger partial charge in [0, 0.05) is 76.8 Å². The number of ether oxygens (including phenoxy) is 6. The molecule has 0 aromatic carbocycles. The zero-order chi connectivity index (χ0) is 107. The maximum absolute atomic E-state index is 14.3. The minimum absolute atomic E-state index is 0.0693. The summed E-state index contributed by atoms with van der Waals surface area (Å²) in [7, 11) is 0. The molecule has 0 bridgehead atoms. The van der Waals surface area contributed by atoms with Gasteiger partial charge in [-0.05, 0) is 76.5 Å². The van der Waals surface area contributed by atoms with Crippen molar-refractivity contribution in [3.8, 4) is 0 Å². The van der Waals surface area contributed by atoms with Gasteiger partial charge in [0.2, 0.25) is 94.5 Å². The Morgan fingerprint density at radius 2 is 0.699 bits per heavy atom. The molecule has 820 valence electrons. The van der Waals surface area contributed by atoms with Crippen molar-refractivity contribution in [3.63, 3.8) is 0 Å². The maximum atomic E-state index is 14.3. The Morgan fingerprint density at radius 3 is 1.14 bits per heavy atom. The van der Waals surface area contributed by atoms with Crippen molar-refractivity contribution in [2.45, 2.75) is 372 Å². The third-order valence-corrected chi connectivity index (χ3v) is 23.4. The molecule has 0 heterocycles. The number of unbranched alkanes of at least 4 members (excludes halogenated alkanes) is 24. The summed E-state index contributed by atoms with van der Waals surface area (Å²) in [5.74, 6) is -21.5. The number of carboxylic acid groups (broad SMARTS) is 2. The molecule has 0 fully saturated rings. The van der Waals surface area contributed by atoms with E-state index in [0.717, 1.165) is 82.9 Å². The zero-order valence-corrected chi connectivity index (χ0v) is 86.3. The number of carboxylic acids is 2. The van der Waals surface area contributed by atoms with E-state index in [4.69, 9.17) is 50.7 Å². The molecule has 16 amide bonds. The van der Waals surface area contributed by atoms with Crippen LogP contribution < -0.4 is 86.3 Å². The van der Waals surface area contributed by atoms with Crippen LogP contribution in [-0.4, -0.2) is 309 Å². The van der Waals surface area contributed by atoms with Crippen LogP contribution in [0.25, 0.3) is 0 Å². The SMILES string of the molecule is CCCCCCCCCCCCCCCC(=O)OC[C@H](CSC[C@H](NC(=O)COCC(=O)NCCCOCCOCCOCCCNC(C)=O)C(=O)NCC(=O)N[C@@H](CO)C(=O)N[C@@H](CCC(N)=O)C(=O)N[C@@H](CC(N)=O)C(=O)N[C@@H](CC(C)C)C(=O)N[C@@H](C)C(=O)N[C@@H](CO)C(=O)N[C@@H](CC(C)C)C(=O)N[C@@H](CCC(=O)O)C(=O)N[C@@H](CCC(=O)O)C(N)=O)OC(=O)CCCCCCCCCCCCCCC. The number of hydrogen-bond donors (Lipinski definition) is 20. The summed E-state index contributed by atoms with van der Waals surface area (Å²) in [6.07, 6.45) is 23.9. The lowest BCUT2D eigenvalue weighted by Gasteiger charge is -2.27. The first-order valence-corrected chi connectivity index (χ1v) is 51.9. The van der Waals surface area contributed by atoms with E-state index in [1.165, 1.54) is 96.8 Å². The van der Waals surface area contributed by atoms with Gasteiger partial charge in [-0.1, -0.05) is 196 Å². The smallest absolute Gasteiger partial charge is 0.306 e. The van der Waals surface area contributed by atoms with Crippen molar-refractivity contribution in [1.82, 2.24) is 69.1 Å². The fraction of sp³-hybridized carbons (Fsp3) is 0.792. The Bertz CT molecular complexity index is 3780.